The molecule has 0 saturated heterocycles. The van der Waals surface area contributed by atoms with Gasteiger partial charge < -0.3 is 15.8 Å². The van der Waals surface area contributed by atoms with Crippen LogP contribution in [0.4, 0.5) is 5.69 Å². The van der Waals surface area contributed by atoms with Crippen LogP contribution < -0.4 is 15.8 Å². The lowest BCUT2D eigenvalue weighted by Crippen LogP contribution is -2.31. The molecule has 1 atom stereocenters. The van der Waals surface area contributed by atoms with Gasteiger partial charge in [0.1, 0.15) is 5.75 Å². The quantitative estimate of drug-likeness (QED) is 0.890. The maximum Gasteiger partial charge on any atom is 0.265 e. The molecule has 2 aromatic rings. The highest BCUT2D eigenvalue weighted by molar-refractivity contribution is 6.03. The van der Waals surface area contributed by atoms with Gasteiger partial charge in [-0.05, 0) is 44.5 Å². The lowest BCUT2D eigenvalue weighted by Gasteiger charge is -2.17. The second kappa shape index (κ2) is 6.96. The highest BCUT2D eigenvalue weighted by atomic mass is 16.5. The number of anilines is 1. The van der Waals surface area contributed by atoms with Gasteiger partial charge >= 0.3 is 0 Å². The Hall–Kier alpha value is -2.82. The fourth-order valence-electron chi connectivity index (χ4n) is 2.22. The molecule has 5 nitrogen and oxygen atoms in total. The van der Waals surface area contributed by atoms with E-state index in [1.54, 1.807) is 31.2 Å². The minimum atomic E-state index is -0.711. The number of aryl methyl sites for hydroxylation is 2. The highest BCUT2D eigenvalue weighted by Crippen LogP contribution is 2.21. The first kappa shape index (κ1) is 16.5. The predicted molar refractivity (Wildman–Crippen MR) is 89.6 cm³/mol. The van der Waals surface area contributed by atoms with E-state index in [1.165, 1.54) is 0 Å². The molecule has 2 amide bonds. The predicted octanol–water partition coefficient (Wildman–Crippen LogP) is 2.81. The Morgan fingerprint density at radius 1 is 1.13 bits per heavy atom. The maximum absolute atomic E-state index is 12.3. The van der Waals surface area contributed by atoms with Gasteiger partial charge in [0.15, 0.2) is 6.10 Å². The molecule has 0 heterocycles. The summed E-state index contributed by atoms with van der Waals surface area (Å²) >= 11 is 0. The summed E-state index contributed by atoms with van der Waals surface area (Å²) in [6.07, 6.45) is -0.711. The molecule has 2 aromatic carbocycles. The van der Waals surface area contributed by atoms with Gasteiger partial charge in [0, 0.05) is 0 Å². The summed E-state index contributed by atoms with van der Waals surface area (Å²) in [6.45, 7) is 5.57. The number of nitrogens with two attached hydrogens (primary N) is 1. The molecular weight excluding hydrogens is 292 g/mol. The van der Waals surface area contributed by atoms with Crippen molar-refractivity contribution in [2.75, 3.05) is 5.32 Å². The number of carbonyl (C=O) groups is 2. The summed E-state index contributed by atoms with van der Waals surface area (Å²) in [5, 5.41) is 2.68. The average molecular weight is 312 g/mol. The van der Waals surface area contributed by atoms with Crippen molar-refractivity contribution < 1.29 is 14.3 Å². The molecule has 2 rings (SSSR count). The fourth-order valence-corrected chi connectivity index (χ4v) is 2.22. The van der Waals surface area contributed by atoms with E-state index < -0.39 is 12.0 Å². The molecule has 0 spiro atoms. The topological polar surface area (TPSA) is 81.4 Å². The lowest BCUT2D eigenvalue weighted by atomic mass is 10.1. The number of hydrogen-bond donors (Lipinski definition) is 2. The van der Waals surface area contributed by atoms with E-state index in [2.05, 4.69) is 5.32 Å². The molecule has 0 fully saturated rings. The summed E-state index contributed by atoms with van der Waals surface area (Å²) in [5.41, 5.74) is 8.03. The molecule has 0 aromatic heterocycles. The standard InChI is InChI=1S/C18H20N2O3/c1-11-8-9-16(12(2)10-11)23-13(3)18(22)20-15-7-5-4-6-14(15)17(19)21/h4-10,13H,1-3H3,(H2,19,21)(H,20,22)/t13-/m1/s1. The van der Waals surface area contributed by atoms with Crippen LogP contribution in [0.3, 0.4) is 0 Å². The smallest absolute Gasteiger partial charge is 0.265 e. The van der Waals surface area contributed by atoms with Crippen LogP contribution in [-0.4, -0.2) is 17.9 Å². The zero-order valence-electron chi connectivity index (χ0n) is 13.4. The Balaban J connectivity index is 2.10. The number of benzene rings is 2. The van der Waals surface area contributed by atoms with Crippen molar-refractivity contribution in [1.29, 1.82) is 0 Å². The zero-order chi connectivity index (χ0) is 17.0. The first-order chi connectivity index (χ1) is 10.9. The van der Waals surface area contributed by atoms with E-state index in [9.17, 15) is 9.59 Å². The maximum atomic E-state index is 12.3. The van der Waals surface area contributed by atoms with Gasteiger partial charge in [0.25, 0.3) is 11.8 Å². The third kappa shape index (κ3) is 4.10. The largest absolute Gasteiger partial charge is 0.481 e. The summed E-state index contributed by atoms with van der Waals surface area (Å²) in [6, 6.07) is 12.3. The number of hydrogen-bond acceptors (Lipinski definition) is 3. The summed E-state index contributed by atoms with van der Waals surface area (Å²) in [5.74, 6) is -0.288. The highest BCUT2D eigenvalue weighted by Gasteiger charge is 2.18. The third-order valence-electron chi connectivity index (χ3n) is 3.45. The molecule has 0 unspecified atom stereocenters. The van der Waals surface area contributed by atoms with Gasteiger partial charge in [-0.3, -0.25) is 9.59 Å². The van der Waals surface area contributed by atoms with Gasteiger partial charge in [0.05, 0.1) is 11.3 Å². The molecule has 0 aliphatic rings. The van der Waals surface area contributed by atoms with Crippen LogP contribution in [0.25, 0.3) is 0 Å². The molecule has 0 bridgehead atoms. The Morgan fingerprint density at radius 2 is 1.83 bits per heavy atom. The lowest BCUT2D eigenvalue weighted by molar-refractivity contribution is -0.122. The molecule has 5 heteroatoms. The van der Waals surface area contributed by atoms with Crippen LogP contribution in [0.15, 0.2) is 42.5 Å². The van der Waals surface area contributed by atoms with Crippen LogP contribution in [0.1, 0.15) is 28.4 Å². The third-order valence-corrected chi connectivity index (χ3v) is 3.45. The van der Waals surface area contributed by atoms with Crippen molar-refractivity contribution in [2.45, 2.75) is 26.9 Å². The number of para-hydroxylation sites is 1. The Labute approximate surface area is 135 Å². The molecule has 120 valence electrons. The minimum Gasteiger partial charge on any atom is -0.481 e. The van der Waals surface area contributed by atoms with Crippen molar-refractivity contribution >= 4 is 17.5 Å². The first-order valence-electron chi connectivity index (χ1n) is 7.32. The molecular formula is C18H20N2O3. The van der Waals surface area contributed by atoms with Crippen molar-refractivity contribution in [3.8, 4) is 5.75 Å². The van der Waals surface area contributed by atoms with E-state index in [0.717, 1.165) is 11.1 Å². The van der Waals surface area contributed by atoms with Crippen molar-refractivity contribution in [2.24, 2.45) is 5.73 Å². The second-order valence-electron chi connectivity index (χ2n) is 5.43. The number of ether oxygens (including phenoxy) is 1. The van der Waals surface area contributed by atoms with Crippen LogP contribution in [-0.2, 0) is 4.79 Å². The number of primary amides is 1. The van der Waals surface area contributed by atoms with Crippen LogP contribution in [0, 0.1) is 13.8 Å². The van der Waals surface area contributed by atoms with Gasteiger partial charge in [-0.15, -0.1) is 0 Å². The van der Waals surface area contributed by atoms with E-state index in [-0.39, 0.29) is 11.5 Å². The molecule has 0 radical (unpaired) electrons. The van der Waals surface area contributed by atoms with E-state index in [1.807, 2.05) is 32.0 Å². The summed E-state index contributed by atoms with van der Waals surface area (Å²) in [4.78, 5) is 23.7. The number of amides is 2. The van der Waals surface area contributed by atoms with Gasteiger partial charge in [-0.25, -0.2) is 0 Å². The van der Waals surface area contributed by atoms with Gasteiger partial charge in [0.2, 0.25) is 0 Å². The van der Waals surface area contributed by atoms with E-state index in [0.29, 0.717) is 11.4 Å². The molecule has 3 N–H and O–H groups in total. The van der Waals surface area contributed by atoms with E-state index >= 15 is 0 Å². The number of nitrogens with one attached hydrogen (secondary N) is 1. The average Bonchev–Trinajstić information content (AvgIpc) is 2.50. The summed E-state index contributed by atoms with van der Waals surface area (Å²) < 4.78 is 5.71. The van der Waals surface area contributed by atoms with E-state index in [4.69, 9.17) is 10.5 Å². The van der Waals surface area contributed by atoms with Crippen molar-refractivity contribution in [1.82, 2.24) is 0 Å². The molecule has 0 aliphatic carbocycles. The Morgan fingerprint density at radius 3 is 2.48 bits per heavy atom. The van der Waals surface area contributed by atoms with Gasteiger partial charge in [-0.2, -0.15) is 0 Å². The Bertz CT molecular complexity index is 741. The number of rotatable bonds is 5. The Kier molecular flexibility index (Phi) is 5.01. The van der Waals surface area contributed by atoms with Crippen molar-refractivity contribution in [3.05, 3.63) is 59.2 Å². The second-order valence-corrected chi connectivity index (χ2v) is 5.43. The minimum absolute atomic E-state index is 0.263. The van der Waals surface area contributed by atoms with Crippen molar-refractivity contribution in [3.63, 3.8) is 0 Å². The van der Waals surface area contributed by atoms with Crippen LogP contribution in [0.2, 0.25) is 0 Å². The molecule has 0 saturated carbocycles. The number of carbonyl (C=O) groups excluding carboxylic acids is 2. The fraction of sp³-hybridized carbons (Fsp3) is 0.222. The molecule has 0 aliphatic heterocycles. The molecule has 23 heavy (non-hydrogen) atoms. The zero-order valence-corrected chi connectivity index (χ0v) is 13.4. The van der Waals surface area contributed by atoms with Crippen LogP contribution >= 0.6 is 0 Å². The van der Waals surface area contributed by atoms with Gasteiger partial charge in [-0.1, -0.05) is 29.8 Å². The van der Waals surface area contributed by atoms with Crippen LogP contribution in [0.5, 0.6) is 5.75 Å². The monoisotopic (exact) mass is 312 g/mol. The summed E-state index contributed by atoms with van der Waals surface area (Å²) in [7, 11) is 0. The normalized spacial score (nSPS) is 11.6. The first-order valence-corrected chi connectivity index (χ1v) is 7.32. The SMILES string of the molecule is Cc1ccc(O[C@H](C)C(=O)Nc2ccccc2C(N)=O)c(C)c1.